The molecule has 0 bridgehead atoms. The van der Waals surface area contributed by atoms with Crippen LogP contribution in [0.1, 0.15) is 29.5 Å². The Hall–Kier alpha value is -2.61. The molecule has 1 atom stereocenters. The number of thiazole rings is 1. The Morgan fingerprint density at radius 1 is 1.20 bits per heavy atom. The SMILES string of the molecule is COc1ccc(CNC(=O)C2CCc3nc(N4CCN(C(C)=O)CC4)sc3C2)cc1. The van der Waals surface area contributed by atoms with Crippen molar-refractivity contribution >= 4 is 28.3 Å². The Morgan fingerprint density at radius 2 is 1.93 bits per heavy atom. The van der Waals surface area contributed by atoms with Gasteiger partial charge in [0.1, 0.15) is 5.75 Å². The standard InChI is InChI=1S/C22H28N4O3S/c1-15(27)25-9-11-26(12-10-25)22-24-19-8-5-17(13-20(19)30-22)21(28)23-14-16-3-6-18(29-2)7-4-16/h3-4,6-7,17H,5,8-14H2,1-2H3,(H,23,28). The fourth-order valence-corrected chi connectivity index (χ4v) is 5.25. The highest BCUT2D eigenvalue weighted by Gasteiger charge is 2.29. The summed E-state index contributed by atoms with van der Waals surface area (Å²) in [5.41, 5.74) is 2.20. The van der Waals surface area contributed by atoms with Gasteiger partial charge in [-0.25, -0.2) is 4.98 Å². The number of hydrogen-bond donors (Lipinski definition) is 1. The van der Waals surface area contributed by atoms with Gasteiger partial charge in [-0.2, -0.15) is 0 Å². The third-order valence-electron chi connectivity index (χ3n) is 5.92. The first-order chi connectivity index (χ1) is 14.5. The predicted octanol–water partition coefficient (Wildman–Crippen LogP) is 2.24. The van der Waals surface area contributed by atoms with E-state index >= 15 is 0 Å². The zero-order valence-electron chi connectivity index (χ0n) is 17.5. The summed E-state index contributed by atoms with van der Waals surface area (Å²) in [5, 5.41) is 4.11. The molecule has 1 unspecified atom stereocenters. The zero-order chi connectivity index (χ0) is 21.1. The Kier molecular flexibility index (Phi) is 6.22. The second kappa shape index (κ2) is 9.04. The van der Waals surface area contributed by atoms with Crippen LogP contribution in [-0.4, -0.2) is 55.0 Å². The van der Waals surface area contributed by atoms with E-state index in [2.05, 4.69) is 10.2 Å². The van der Waals surface area contributed by atoms with Gasteiger partial charge in [0, 0.05) is 50.4 Å². The average Bonchev–Trinajstić information content (AvgIpc) is 3.21. The number of carbonyl (C=O) groups excluding carboxylic acids is 2. The topological polar surface area (TPSA) is 74.8 Å². The summed E-state index contributed by atoms with van der Waals surface area (Å²) in [6.07, 6.45) is 2.44. The lowest BCUT2D eigenvalue weighted by atomic mass is 9.90. The largest absolute Gasteiger partial charge is 0.497 e. The smallest absolute Gasteiger partial charge is 0.223 e. The number of piperazine rings is 1. The van der Waals surface area contributed by atoms with Crippen LogP contribution in [0, 0.1) is 5.92 Å². The number of hydrogen-bond acceptors (Lipinski definition) is 6. The molecule has 0 radical (unpaired) electrons. The number of nitrogens with zero attached hydrogens (tertiary/aromatic N) is 3. The summed E-state index contributed by atoms with van der Waals surface area (Å²) in [6, 6.07) is 7.76. The molecule has 1 aliphatic heterocycles. The van der Waals surface area contributed by atoms with E-state index in [0.29, 0.717) is 6.54 Å². The summed E-state index contributed by atoms with van der Waals surface area (Å²) in [6.45, 7) is 5.28. The van der Waals surface area contributed by atoms with Crippen LogP contribution >= 0.6 is 11.3 Å². The number of aryl methyl sites for hydroxylation is 1. The van der Waals surface area contributed by atoms with Gasteiger partial charge >= 0.3 is 0 Å². The predicted molar refractivity (Wildman–Crippen MR) is 117 cm³/mol. The van der Waals surface area contributed by atoms with Crippen LogP contribution in [0.4, 0.5) is 5.13 Å². The number of methoxy groups -OCH3 is 1. The van der Waals surface area contributed by atoms with Crippen molar-refractivity contribution in [3.8, 4) is 5.75 Å². The van der Waals surface area contributed by atoms with Crippen LogP contribution in [0.5, 0.6) is 5.75 Å². The van der Waals surface area contributed by atoms with E-state index in [0.717, 1.165) is 67.6 Å². The monoisotopic (exact) mass is 428 g/mol. The lowest BCUT2D eigenvalue weighted by Gasteiger charge is -2.33. The van der Waals surface area contributed by atoms with Gasteiger partial charge in [-0.05, 0) is 37.0 Å². The van der Waals surface area contributed by atoms with E-state index in [9.17, 15) is 9.59 Å². The van der Waals surface area contributed by atoms with E-state index in [4.69, 9.17) is 9.72 Å². The van der Waals surface area contributed by atoms with Gasteiger partial charge in [-0.3, -0.25) is 9.59 Å². The maximum atomic E-state index is 12.7. The molecule has 160 valence electrons. The second-order valence-electron chi connectivity index (χ2n) is 7.87. The van der Waals surface area contributed by atoms with Crippen LogP contribution in [0.2, 0.25) is 0 Å². The molecular formula is C22H28N4O3S. The molecule has 30 heavy (non-hydrogen) atoms. The Bertz CT molecular complexity index is 904. The lowest BCUT2D eigenvalue weighted by molar-refractivity contribution is -0.129. The van der Waals surface area contributed by atoms with Crippen molar-refractivity contribution in [3.63, 3.8) is 0 Å². The zero-order valence-corrected chi connectivity index (χ0v) is 18.3. The molecule has 1 fully saturated rings. The van der Waals surface area contributed by atoms with Gasteiger partial charge in [-0.15, -0.1) is 11.3 Å². The Balaban J connectivity index is 1.32. The van der Waals surface area contributed by atoms with E-state index in [1.807, 2.05) is 29.2 Å². The minimum atomic E-state index is -0.00129. The molecule has 2 amide bonds. The molecule has 1 aromatic heterocycles. The van der Waals surface area contributed by atoms with Gasteiger partial charge in [-0.1, -0.05) is 12.1 Å². The molecule has 4 rings (SSSR count). The van der Waals surface area contributed by atoms with E-state index in [-0.39, 0.29) is 17.7 Å². The molecule has 2 aliphatic rings. The number of anilines is 1. The average molecular weight is 429 g/mol. The highest BCUT2D eigenvalue weighted by atomic mass is 32.1. The molecule has 2 aromatic rings. The van der Waals surface area contributed by atoms with Crippen molar-refractivity contribution in [2.45, 2.75) is 32.7 Å². The highest BCUT2D eigenvalue weighted by Crippen LogP contribution is 2.34. The van der Waals surface area contributed by atoms with Gasteiger partial charge in [0.25, 0.3) is 0 Å². The molecule has 1 aromatic carbocycles. The van der Waals surface area contributed by atoms with Crippen molar-refractivity contribution in [1.82, 2.24) is 15.2 Å². The summed E-state index contributed by atoms with van der Waals surface area (Å²) < 4.78 is 5.17. The highest BCUT2D eigenvalue weighted by molar-refractivity contribution is 7.15. The molecule has 2 heterocycles. The van der Waals surface area contributed by atoms with E-state index < -0.39 is 0 Å². The fourth-order valence-electron chi connectivity index (χ4n) is 4.01. The molecular weight excluding hydrogens is 400 g/mol. The molecule has 0 saturated carbocycles. The number of ether oxygens (including phenoxy) is 1. The van der Waals surface area contributed by atoms with Crippen molar-refractivity contribution in [2.75, 3.05) is 38.2 Å². The van der Waals surface area contributed by atoms with Gasteiger partial charge in [0.05, 0.1) is 12.8 Å². The molecule has 0 spiro atoms. The minimum absolute atomic E-state index is 0.00129. The number of amides is 2. The number of aromatic nitrogens is 1. The third-order valence-corrected chi connectivity index (χ3v) is 7.10. The minimum Gasteiger partial charge on any atom is -0.497 e. The number of fused-ring (bicyclic) bond motifs is 1. The van der Waals surface area contributed by atoms with Crippen LogP contribution in [0.15, 0.2) is 24.3 Å². The van der Waals surface area contributed by atoms with Gasteiger partial charge in [0.2, 0.25) is 11.8 Å². The number of benzene rings is 1. The second-order valence-corrected chi connectivity index (χ2v) is 8.93. The van der Waals surface area contributed by atoms with Gasteiger partial charge in [0.15, 0.2) is 5.13 Å². The van der Waals surface area contributed by atoms with Gasteiger partial charge < -0.3 is 19.9 Å². The van der Waals surface area contributed by atoms with Crippen molar-refractivity contribution in [2.24, 2.45) is 5.92 Å². The fraction of sp³-hybridized carbons (Fsp3) is 0.500. The maximum Gasteiger partial charge on any atom is 0.223 e. The number of nitrogens with one attached hydrogen (secondary N) is 1. The molecule has 1 aliphatic carbocycles. The molecule has 1 saturated heterocycles. The third kappa shape index (κ3) is 4.59. The first-order valence-electron chi connectivity index (χ1n) is 10.4. The first kappa shape index (κ1) is 20.7. The van der Waals surface area contributed by atoms with Crippen LogP contribution < -0.4 is 15.0 Å². The summed E-state index contributed by atoms with van der Waals surface area (Å²) in [7, 11) is 1.64. The van der Waals surface area contributed by atoms with E-state index in [1.165, 1.54) is 4.88 Å². The van der Waals surface area contributed by atoms with E-state index in [1.54, 1.807) is 25.4 Å². The number of carbonyl (C=O) groups is 2. The molecule has 1 N–H and O–H groups in total. The maximum absolute atomic E-state index is 12.7. The van der Waals surface area contributed by atoms with Crippen molar-refractivity contribution in [3.05, 3.63) is 40.4 Å². The quantitative estimate of drug-likeness (QED) is 0.791. The molecule has 7 nitrogen and oxygen atoms in total. The van der Waals surface area contributed by atoms with Crippen LogP contribution in [0.25, 0.3) is 0 Å². The number of rotatable bonds is 5. The van der Waals surface area contributed by atoms with Crippen molar-refractivity contribution < 1.29 is 14.3 Å². The first-order valence-corrected chi connectivity index (χ1v) is 11.2. The summed E-state index contributed by atoms with van der Waals surface area (Å²) in [4.78, 5) is 34.5. The molecule has 8 heteroatoms. The van der Waals surface area contributed by atoms with Crippen LogP contribution in [0.3, 0.4) is 0 Å². The lowest BCUT2D eigenvalue weighted by Crippen LogP contribution is -2.48. The summed E-state index contributed by atoms with van der Waals surface area (Å²) in [5.74, 6) is 1.06. The Labute approximate surface area is 181 Å². The van der Waals surface area contributed by atoms with Crippen LogP contribution in [-0.2, 0) is 29.0 Å². The Morgan fingerprint density at radius 3 is 2.60 bits per heavy atom. The normalized spacial score (nSPS) is 18.7. The van der Waals surface area contributed by atoms with Crippen molar-refractivity contribution in [1.29, 1.82) is 0 Å². The summed E-state index contributed by atoms with van der Waals surface area (Å²) >= 11 is 1.71.